The van der Waals surface area contributed by atoms with E-state index in [-0.39, 0.29) is 14.0 Å². The van der Waals surface area contributed by atoms with Crippen LogP contribution in [0.4, 0.5) is 0 Å². The van der Waals surface area contributed by atoms with Gasteiger partial charge in [0.15, 0.2) is 0 Å². The summed E-state index contributed by atoms with van der Waals surface area (Å²) in [7, 11) is 14.2. The Labute approximate surface area is 211 Å². The maximum atomic E-state index is 7.94. The zero-order valence-corrected chi connectivity index (χ0v) is 25.0. The Hall–Kier alpha value is -1.29. The summed E-state index contributed by atoms with van der Waals surface area (Å²) in [5, 5.41) is 0. The molecule has 0 spiro atoms. The van der Waals surface area contributed by atoms with Crippen molar-refractivity contribution < 1.29 is 25.1 Å². The summed E-state index contributed by atoms with van der Waals surface area (Å²) in [5.74, 6) is 0.821. The molecule has 2 aliphatic rings. The SMILES string of the molecule is C[CH]=[Zr]([Cl])([Cl])([CH]1C=C(OCO[Si](C)(C)C)c2ccccc21)[CH]1c2ccccc2-c2ccccc21. The molecule has 1 atom stereocenters. The molecule has 34 heavy (non-hydrogen) atoms. The van der Waals surface area contributed by atoms with Crippen molar-refractivity contribution in [3.8, 4) is 11.1 Å². The van der Waals surface area contributed by atoms with Crippen LogP contribution < -0.4 is 0 Å². The second kappa shape index (κ2) is 8.68. The molecule has 0 amide bonds. The van der Waals surface area contributed by atoms with Crippen LogP contribution in [0.1, 0.15) is 36.4 Å². The van der Waals surface area contributed by atoms with E-state index in [2.05, 4.69) is 103 Å². The number of allylic oxidation sites excluding steroid dienone is 1. The summed E-state index contributed by atoms with van der Waals surface area (Å²) in [6.45, 7) is 8.77. The molecule has 0 aliphatic heterocycles. The van der Waals surface area contributed by atoms with Crippen LogP contribution in [0.15, 0.2) is 78.9 Å². The van der Waals surface area contributed by atoms with Crippen molar-refractivity contribution >= 4 is 34.8 Å². The number of halogens is 2. The van der Waals surface area contributed by atoms with Gasteiger partial charge in [0, 0.05) is 0 Å². The molecule has 5 rings (SSSR count). The van der Waals surface area contributed by atoms with Gasteiger partial charge in [-0.15, -0.1) is 0 Å². The zero-order valence-electron chi connectivity index (χ0n) is 20.0. The number of benzene rings is 3. The minimum atomic E-state index is -4.78. The predicted molar refractivity (Wildman–Crippen MR) is 145 cm³/mol. The summed E-state index contributed by atoms with van der Waals surface area (Å²) in [6, 6.07) is 25.5. The molecule has 0 fully saturated rings. The normalized spacial score (nSPS) is 17.6. The average molecular weight is 589 g/mol. The van der Waals surface area contributed by atoms with Crippen LogP contribution in [0, 0.1) is 0 Å². The molecule has 0 saturated heterocycles. The van der Waals surface area contributed by atoms with Crippen molar-refractivity contribution in [1.29, 1.82) is 0 Å². The molecule has 0 radical (unpaired) electrons. The molecular formula is C28H30Cl2O2SiZr. The first-order valence-corrected chi connectivity index (χ1v) is 25.8. The molecule has 6 heteroatoms. The van der Waals surface area contributed by atoms with Gasteiger partial charge in [-0.1, -0.05) is 0 Å². The third-order valence-electron chi connectivity index (χ3n) is 7.12. The summed E-state index contributed by atoms with van der Waals surface area (Å²) in [5.41, 5.74) is 7.17. The molecule has 2 nitrogen and oxygen atoms in total. The standard InChI is InChI=1S/C13H17O2Si.C13H9.C2H4.2ClH.Zr/c1-16(2,3)15-10-14-13-9-8-11-6-4-5-7-12(11)13;1-3-7-12-10(5-1)9-11-6-2-4-8-13(11)12;1-2;;;/h4-9H,10H2,1-3H3;1-9H;1H,2H3;2*1H;/q;;;;;+2/p-2. The summed E-state index contributed by atoms with van der Waals surface area (Å²) < 4.78 is 14.2. The Morgan fingerprint density at radius 3 is 1.82 bits per heavy atom. The van der Waals surface area contributed by atoms with Crippen molar-refractivity contribution in [2.24, 2.45) is 0 Å². The van der Waals surface area contributed by atoms with Crippen molar-refractivity contribution in [3.63, 3.8) is 0 Å². The van der Waals surface area contributed by atoms with E-state index in [4.69, 9.17) is 26.2 Å². The van der Waals surface area contributed by atoms with Gasteiger partial charge < -0.3 is 0 Å². The van der Waals surface area contributed by atoms with Crippen LogP contribution >= 0.6 is 17.0 Å². The quantitative estimate of drug-likeness (QED) is 0.212. The van der Waals surface area contributed by atoms with E-state index in [1.54, 1.807) is 0 Å². The summed E-state index contributed by atoms with van der Waals surface area (Å²) in [6.07, 6.45) is 2.17. The number of hydrogen-bond acceptors (Lipinski definition) is 2. The molecule has 3 aromatic carbocycles. The first kappa shape index (κ1) is 24.4. The van der Waals surface area contributed by atoms with E-state index in [0.29, 0.717) is 0 Å². The topological polar surface area (TPSA) is 18.5 Å². The molecule has 0 N–H and O–H groups in total. The Morgan fingerprint density at radius 2 is 1.29 bits per heavy atom. The second-order valence-electron chi connectivity index (χ2n) is 10.2. The molecule has 0 saturated carbocycles. The molecule has 1 unspecified atom stereocenters. The van der Waals surface area contributed by atoms with Gasteiger partial charge in [-0.3, -0.25) is 0 Å². The Morgan fingerprint density at radius 1 is 0.794 bits per heavy atom. The van der Waals surface area contributed by atoms with Gasteiger partial charge >= 0.3 is 213 Å². The Kier molecular flexibility index (Phi) is 6.23. The minimum absolute atomic E-state index is 0.0333. The third-order valence-corrected chi connectivity index (χ3v) is 27.1. The van der Waals surface area contributed by atoms with E-state index >= 15 is 0 Å². The van der Waals surface area contributed by atoms with Gasteiger partial charge in [0.05, 0.1) is 0 Å². The number of hydrogen-bond donors (Lipinski definition) is 0. The van der Waals surface area contributed by atoms with E-state index < -0.39 is 24.2 Å². The van der Waals surface area contributed by atoms with Crippen molar-refractivity contribution in [2.75, 3.05) is 6.79 Å². The third kappa shape index (κ3) is 3.96. The Bertz CT molecular complexity index is 1320. The summed E-state index contributed by atoms with van der Waals surface area (Å²) in [4.78, 5) is 0. The molecule has 2 aliphatic carbocycles. The Balaban J connectivity index is 1.66. The maximum absolute atomic E-state index is 7.94. The second-order valence-corrected chi connectivity index (χ2v) is 36.3. The van der Waals surface area contributed by atoms with Gasteiger partial charge in [-0.2, -0.15) is 0 Å². The van der Waals surface area contributed by atoms with E-state index in [9.17, 15) is 0 Å². The van der Waals surface area contributed by atoms with Gasteiger partial charge in [-0.05, 0) is 0 Å². The van der Waals surface area contributed by atoms with Crippen molar-refractivity contribution in [1.82, 2.24) is 0 Å². The van der Waals surface area contributed by atoms with Crippen LogP contribution in [-0.4, -0.2) is 18.8 Å². The molecule has 3 aromatic rings. The summed E-state index contributed by atoms with van der Waals surface area (Å²) >= 11 is -4.78. The monoisotopic (exact) mass is 586 g/mol. The fourth-order valence-electron chi connectivity index (χ4n) is 5.45. The van der Waals surface area contributed by atoms with Crippen LogP contribution in [0.2, 0.25) is 19.6 Å². The fourth-order valence-corrected chi connectivity index (χ4v) is 20.8. The van der Waals surface area contributed by atoms with Gasteiger partial charge in [0.1, 0.15) is 0 Å². The van der Waals surface area contributed by atoms with Crippen molar-refractivity contribution in [3.05, 3.63) is 101 Å². The van der Waals surface area contributed by atoms with Crippen LogP contribution in [0.3, 0.4) is 0 Å². The zero-order chi connectivity index (χ0) is 24.2. The fraction of sp³-hybridized carbons (Fsp3) is 0.250. The number of ether oxygens (including phenoxy) is 1. The van der Waals surface area contributed by atoms with Crippen LogP contribution in [0.25, 0.3) is 16.9 Å². The van der Waals surface area contributed by atoms with Gasteiger partial charge in [-0.25, -0.2) is 0 Å². The van der Waals surface area contributed by atoms with E-state index in [1.165, 1.54) is 22.3 Å². The predicted octanol–water partition coefficient (Wildman–Crippen LogP) is 8.50. The first-order valence-electron chi connectivity index (χ1n) is 11.8. The first-order chi connectivity index (χ1) is 16.1. The number of rotatable bonds is 6. The number of fused-ring (bicyclic) bond motifs is 4. The van der Waals surface area contributed by atoms with Gasteiger partial charge in [0.2, 0.25) is 0 Å². The molecular weight excluding hydrogens is 559 g/mol. The molecule has 0 bridgehead atoms. The van der Waals surface area contributed by atoms with E-state index in [0.717, 1.165) is 16.9 Å². The average Bonchev–Trinajstić information content (AvgIpc) is 3.36. The molecule has 0 aromatic heterocycles. The van der Waals surface area contributed by atoms with Crippen molar-refractivity contribution in [2.45, 2.75) is 33.8 Å². The van der Waals surface area contributed by atoms with Crippen LogP contribution in [0.5, 0.6) is 0 Å². The molecule has 0 heterocycles. The van der Waals surface area contributed by atoms with Crippen LogP contribution in [-0.2, 0) is 25.1 Å². The molecule has 176 valence electrons. The van der Waals surface area contributed by atoms with Gasteiger partial charge in [0.25, 0.3) is 0 Å². The van der Waals surface area contributed by atoms with E-state index in [1.807, 2.05) is 6.07 Å².